The molecule has 3 aromatic carbocycles. The van der Waals surface area contributed by atoms with E-state index >= 15 is 0 Å². The molecule has 0 N–H and O–H groups in total. The molecule has 4 aromatic rings. The predicted molar refractivity (Wildman–Crippen MR) is 146 cm³/mol. The van der Waals surface area contributed by atoms with Crippen LogP contribution in [0.2, 0.25) is 0 Å². The average molecular weight is 464 g/mol. The number of nitrogens with zero attached hydrogens (tertiary/aromatic N) is 3. The van der Waals surface area contributed by atoms with Gasteiger partial charge in [-0.1, -0.05) is 72.7 Å². The third kappa shape index (κ3) is 3.20. The van der Waals surface area contributed by atoms with Gasteiger partial charge in [-0.3, -0.25) is 9.13 Å². The first-order chi connectivity index (χ1) is 16.4. The standard InChI is InChI=1S/C32H37N3/c1-30(2,3)21-12-14-22(15-13-21)34-20-35-28-19-24-23(31(4,5)16-17-32(24,6)7)18-27(28)33(8)25-10-9-11-26(34)29(25)35/h9-15,18-19H,16-17H2,1-8H3. The van der Waals surface area contributed by atoms with Crippen molar-refractivity contribution in [1.29, 1.82) is 0 Å². The van der Waals surface area contributed by atoms with Gasteiger partial charge in [0, 0.05) is 12.7 Å². The molecule has 0 saturated carbocycles. The van der Waals surface area contributed by atoms with Crippen molar-refractivity contribution in [3.05, 3.63) is 77.6 Å². The van der Waals surface area contributed by atoms with Crippen LogP contribution in [-0.4, -0.2) is 11.6 Å². The highest BCUT2D eigenvalue weighted by Crippen LogP contribution is 2.49. The molecular formula is C32H37N3. The Morgan fingerprint density at radius 1 is 0.829 bits per heavy atom. The number of hydrogen-bond acceptors (Lipinski definition) is 1. The molecule has 2 heterocycles. The molecule has 3 heteroatoms. The van der Waals surface area contributed by atoms with E-state index in [0.717, 1.165) is 5.69 Å². The van der Waals surface area contributed by atoms with Crippen molar-refractivity contribution in [2.24, 2.45) is 0 Å². The molecule has 3 nitrogen and oxygen atoms in total. The molecule has 0 amide bonds. The summed E-state index contributed by atoms with van der Waals surface area (Å²) >= 11 is 0. The van der Waals surface area contributed by atoms with Gasteiger partial charge in [-0.15, -0.1) is 0 Å². The van der Waals surface area contributed by atoms with Gasteiger partial charge in [0.05, 0.1) is 22.6 Å². The molecule has 0 fully saturated rings. The lowest BCUT2D eigenvalue weighted by Gasteiger charge is -2.43. The number of imidazole rings is 1. The van der Waals surface area contributed by atoms with Crippen molar-refractivity contribution in [3.8, 4) is 11.4 Å². The Labute approximate surface area is 210 Å². The number of benzene rings is 3. The van der Waals surface area contributed by atoms with E-state index in [4.69, 9.17) is 0 Å². The molecule has 0 unspecified atom stereocenters. The Balaban J connectivity index is 1.61. The third-order valence-electron chi connectivity index (χ3n) is 8.56. The smallest absolute Gasteiger partial charge is 0.269 e. The SMILES string of the molecule is CN1c2cc3c(cc2-[n+]2[c-]n(-c4ccc(C(C)(C)C)cc4)c4cccc1c42)C(C)(C)CCC3(C)C. The molecule has 1 aromatic heterocycles. The number of fused-ring (bicyclic) bond motifs is 3. The molecule has 0 saturated heterocycles. The summed E-state index contributed by atoms with van der Waals surface area (Å²) in [6.45, 7) is 16.4. The molecule has 0 bridgehead atoms. The maximum absolute atomic E-state index is 3.74. The van der Waals surface area contributed by atoms with E-state index in [9.17, 15) is 0 Å². The van der Waals surface area contributed by atoms with Gasteiger partial charge in [0.1, 0.15) is 5.52 Å². The van der Waals surface area contributed by atoms with E-state index in [1.165, 1.54) is 57.6 Å². The Kier molecular flexibility index (Phi) is 4.48. The summed E-state index contributed by atoms with van der Waals surface area (Å²) in [5.74, 6) is 0. The maximum atomic E-state index is 3.74. The van der Waals surface area contributed by atoms with E-state index in [1.807, 2.05) is 0 Å². The molecule has 0 radical (unpaired) electrons. The lowest BCUT2D eigenvalue weighted by Crippen LogP contribution is -2.40. The zero-order valence-electron chi connectivity index (χ0n) is 22.5. The van der Waals surface area contributed by atoms with Crippen LogP contribution in [0.1, 0.15) is 78.0 Å². The fraction of sp³-hybridized carbons (Fsp3) is 0.406. The second kappa shape index (κ2) is 7.00. The zero-order chi connectivity index (χ0) is 24.9. The third-order valence-corrected chi connectivity index (χ3v) is 8.56. The number of aromatic nitrogens is 2. The molecular weight excluding hydrogens is 426 g/mol. The maximum Gasteiger partial charge on any atom is 0.269 e. The van der Waals surface area contributed by atoms with E-state index in [1.54, 1.807) is 0 Å². The molecule has 0 spiro atoms. The quantitative estimate of drug-likeness (QED) is 0.211. The summed E-state index contributed by atoms with van der Waals surface area (Å²) in [5, 5.41) is 0. The van der Waals surface area contributed by atoms with Crippen LogP contribution in [0.5, 0.6) is 0 Å². The first kappa shape index (κ1) is 22.4. The highest BCUT2D eigenvalue weighted by molar-refractivity contribution is 5.93. The van der Waals surface area contributed by atoms with Crippen LogP contribution in [-0.2, 0) is 16.2 Å². The van der Waals surface area contributed by atoms with Gasteiger partial charge in [-0.25, -0.2) is 0 Å². The highest BCUT2D eigenvalue weighted by atomic mass is 15.2. The van der Waals surface area contributed by atoms with Gasteiger partial charge in [0.15, 0.2) is 0 Å². The summed E-state index contributed by atoms with van der Waals surface area (Å²) in [4.78, 5) is 2.37. The lowest BCUT2D eigenvalue weighted by atomic mass is 9.63. The average Bonchev–Trinajstić information content (AvgIpc) is 3.20. The molecule has 35 heavy (non-hydrogen) atoms. The van der Waals surface area contributed by atoms with Crippen molar-refractivity contribution in [3.63, 3.8) is 0 Å². The monoisotopic (exact) mass is 463 g/mol. The largest absolute Gasteiger partial charge is 0.351 e. The highest BCUT2D eigenvalue weighted by Gasteiger charge is 2.39. The molecule has 2 aliphatic rings. The minimum absolute atomic E-state index is 0.137. The van der Waals surface area contributed by atoms with Crippen molar-refractivity contribution < 1.29 is 4.57 Å². The van der Waals surface area contributed by atoms with Gasteiger partial charge in [-0.2, -0.15) is 0 Å². The van der Waals surface area contributed by atoms with Crippen LogP contribution in [0.3, 0.4) is 0 Å². The lowest BCUT2D eigenvalue weighted by molar-refractivity contribution is -0.572. The molecule has 1 aliphatic heterocycles. The molecule has 6 rings (SSSR count). The normalized spacial score (nSPS) is 17.9. The minimum atomic E-state index is 0.137. The second-order valence-electron chi connectivity index (χ2n) is 12.9. The summed E-state index contributed by atoms with van der Waals surface area (Å²) in [6.07, 6.45) is 6.17. The van der Waals surface area contributed by atoms with Gasteiger partial charge in [0.2, 0.25) is 0 Å². The van der Waals surface area contributed by atoms with Crippen LogP contribution in [0.4, 0.5) is 11.4 Å². The predicted octanol–water partition coefficient (Wildman–Crippen LogP) is 7.44. The Hall–Kier alpha value is -3.07. The minimum Gasteiger partial charge on any atom is -0.351 e. The van der Waals surface area contributed by atoms with Crippen molar-refractivity contribution in [2.45, 2.75) is 77.6 Å². The number of hydrogen-bond donors (Lipinski definition) is 0. The molecule has 0 atom stereocenters. The van der Waals surface area contributed by atoms with E-state index in [-0.39, 0.29) is 16.2 Å². The van der Waals surface area contributed by atoms with Gasteiger partial charge in [0.25, 0.3) is 6.33 Å². The summed E-state index contributed by atoms with van der Waals surface area (Å²) in [6, 6.07) is 20.5. The van der Waals surface area contributed by atoms with E-state index in [0.29, 0.717) is 0 Å². The van der Waals surface area contributed by atoms with Gasteiger partial charge < -0.3 is 4.90 Å². The fourth-order valence-electron chi connectivity index (χ4n) is 6.05. The number of anilines is 2. The zero-order valence-corrected chi connectivity index (χ0v) is 22.5. The van der Waals surface area contributed by atoms with E-state index in [2.05, 4.69) is 130 Å². The van der Waals surface area contributed by atoms with Crippen molar-refractivity contribution in [2.75, 3.05) is 11.9 Å². The Morgan fingerprint density at radius 2 is 1.46 bits per heavy atom. The van der Waals surface area contributed by atoms with Gasteiger partial charge >= 0.3 is 0 Å². The number of rotatable bonds is 1. The van der Waals surface area contributed by atoms with E-state index < -0.39 is 0 Å². The first-order valence-corrected chi connectivity index (χ1v) is 12.9. The van der Waals surface area contributed by atoms with Crippen molar-refractivity contribution >= 4 is 22.4 Å². The Bertz CT molecular complexity index is 1480. The summed E-state index contributed by atoms with van der Waals surface area (Å²) < 4.78 is 4.53. The summed E-state index contributed by atoms with van der Waals surface area (Å²) in [5.41, 5.74) is 12.1. The summed E-state index contributed by atoms with van der Waals surface area (Å²) in [7, 11) is 2.21. The van der Waals surface area contributed by atoms with Crippen LogP contribution in [0.15, 0.2) is 54.6 Å². The van der Waals surface area contributed by atoms with Gasteiger partial charge in [-0.05, 0) is 76.1 Å². The number of para-hydroxylation sites is 1. The Morgan fingerprint density at radius 3 is 2.09 bits per heavy atom. The van der Waals surface area contributed by atoms with Crippen LogP contribution < -0.4 is 9.47 Å². The van der Waals surface area contributed by atoms with Crippen LogP contribution in [0, 0.1) is 6.33 Å². The fourth-order valence-corrected chi connectivity index (χ4v) is 6.05. The molecule has 180 valence electrons. The van der Waals surface area contributed by atoms with Crippen LogP contribution >= 0.6 is 0 Å². The topological polar surface area (TPSA) is 12.1 Å². The molecule has 1 aliphatic carbocycles. The first-order valence-electron chi connectivity index (χ1n) is 12.9. The van der Waals surface area contributed by atoms with Crippen molar-refractivity contribution in [1.82, 2.24) is 4.57 Å². The van der Waals surface area contributed by atoms with Crippen LogP contribution in [0.25, 0.3) is 22.4 Å². The second-order valence-corrected chi connectivity index (χ2v) is 12.9.